The van der Waals surface area contributed by atoms with Crippen molar-refractivity contribution < 1.29 is 13.2 Å². The molecule has 0 unspecified atom stereocenters. The summed E-state index contributed by atoms with van der Waals surface area (Å²) in [5.74, 6) is 0.0110. The molecule has 0 saturated heterocycles. The predicted molar refractivity (Wildman–Crippen MR) is 88.5 cm³/mol. The zero-order chi connectivity index (χ0) is 16.3. The molecule has 0 aromatic heterocycles. The summed E-state index contributed by atoms with van der Waals surface area (Å²) in [6.07, 6.45) is 4.19. The molecule has 1 aromatic rings. The fourth-order valence-electron chi connectivity index (χ4n) is 2.38. The average Bonchev–Trinajstić information content (AvgIpc) is 3.21. The third-order valence-corrected chi connectivity index (χ3v) is 5.13. The van der Waals surface area contributed by atoms with E-state index in [-0.39, 0.29) is 5.91 Å². The van der Waals surface area contributed by atoms with Crippen LogP contribution in [0.5, 0.6) is 0 Å². The van der Waals surface area contributed by atoms with Crippen molar-refractivity contribution in [3.63, 3.8) is 0 Å². The molecule has 1 N–H and O–H groups in total. The van der Waals surface area contributed by atoms with Gasteiger partial charge in [0.1, 0.15) is 0 Å². The number of benzene rings is 1. The lowest BCUT2D eigenvalue weighted by Crippen LogP contribution is -2.33. The Kier molecular flexibility index (Phi) is 5.11. The standard InChI is InChI=1S/C16H24N2O3S/c1-12-6-4-7-15(13(12)2)18(22(3,20)21)11-5-8-16(19)17-14-9-10-14/h4,6-7,14H,5,8-11H2,1-3H3,(H,17,19). The van der Waals surface area contributed by atoms with Crippen LogP contribution in [0.4, 0.5) is 5.69 Å². The second-order valence-corrected chi connectivity index (χ2v) is 7.91. The monoisotopic (exact) mass is 324 g/mol. The number of amides is 1. The molecule has 1 saturated carbocycles. The molecule has 0 bridgehead atoms. The number of carbonyl (C=O) groups excluding carboxylic acids is 1. The molecule has 122 valence electrons. The van der Waals surface area contributed by atoms with Crippen LogP contribution in [0, 0.1) is 13.8 Å². The maximum atomic E-state index is 12.1. The van der Waals surface area contributed by atoms with Gasteiger partial charge in [-0.25, -0.2) is 8.42 Å². The van der Waals surface area contributed by atoms with E-state index in [1.165, 1.54) is 10.6 Å². The Balaban J connectivity index is 2.03. The van der Waals surface area contributed by atoms with Gasteiger partial charge in [0.25, 0.3) is 0 Å². The van der Waals surface area contributed by atoms with E-state index in [0.29, 0.717) is 31.1 Å². The zero-order valence-electron chi connectivity index (χ0n) is 13.4. The van der Waals surface area contributed by atoms with Gasteiger partial charge in [0.15, 0.2) is 0 Å². The van der Waals surface area contributed by atoms with Crippen LogP contribution in [0.1, 0.15) is 36.8 Å². The summed E-state index contributed by atoms with van der Waals surface area (Å²) in [6, 6.07) is 5.98. The highest BCUT2D eigenvalue weighted by Gasteiger charge is 2.24. The van der Waals surface area contributed by atoms with Gasteiger partial charge in [-0.2, -0.15) is 0 Å². The minimum absolute atomic E-state index is 0.0110. The second kappa shape index (κ2) is 6.69. The number of hydrogen-bond donors (Lipinski definition) is 1. The van der Waals surface area contributed by atoms with Crippen LogP contribution in [0.25, 0.3) is 0 Å². The summed E-state index contributed by atoms with van der Waals surface area (Å²) >= 11 is 0. The summed E-state index contributed by atoms with van der Waals surface area (Å²) in [5, 5.41) is 2.92. The molecular formula is C16H24N2O3S. The van der Waals surface area contributed by atoms with Crippen LogP contribution in [0.3, 0.4) is 0 Å². The molecule has 5 nitrogen and oxygen atoms in total. The van der Waals surface area contributed by atoms with Crippen molar-refractivity contribution in [2.24, 2.45) is 0 Å². The SMILES string of the molecule is Cc1cccc(N(CCCC(=O)NC2CC2)S(C)(=O)=O)c1C. The van der Waals surface area contributed by atoms with Crippen molar-refractivity contribution in [3.8, 4) is 0 Å². The van der Waals surface area contributed by atoms with E-state index < -0.39 is 10.0 Å². The molecule has 0 aliphatic heterocycles. The minimum atomic E-state index is -3.36. The first-order chi connectivity index (χ1) is 10.3. The molecule has 2 rings (SSSR count). The van der Waals surface area contributed by atoms with Crippen molar-refractivity contribution >= 4 is 21.6 Å². The minimum Gasteiger partial charge on any atom is -0.353 e. The topological polar surface area (TPSA) is 66.5 Å². The van der Waals surface area contributed by atoms with Crippen LogP contribution in [-0.4, -0.2) is 33.2 Å². The Morgan fingerprint density at radius 1 is 1.32 bits per heavy atom. The third kappa shape index (κ3) is 4.47. The van der Waals surface area contributed by atoms with Gasteiger partial charge in [-0.3, -0.25) is 9.10 Å². The quantitative estimate of drug-likeness (QED) is 0.835. The van der Waals surface area contributed by atoms with E-state index in [1.807, 2.05) is 32.0 Å². The maximum Gasteiger partial charge on any atom is 0.232 e. The van der Waals surface area contributed by atoms with Gasteiger partial charge < -0.3 is 5.32 Å². The fourth-order valence-corrected chi connectivity index (χ4v) is 3.40. The van der Waals surface area contributed by atoms with E-state index in [4.69, 9.17) is 0 Å². The molecule has 0 atom stereocenters. The van der Waals surface area contributed by atoms with Crippen LogP contribution >= 0.6 is 0 Å². The summed E-state index contributed by atoms with van der Waals surface area (Å²) in [4.78, 5) is 11.7. The van der Waals surface area contributed by atoms with Crippen molar-refractivity contribution in [1.82, 2.24) is 5.32 Å². The van der Waals surface area contributed by atoms with E-state index in [2.05, 4.69) is 5.32 Å². The number of rotatable bonds is 7. The summed E-state index contributed by atoms with van der Waals surface area (Å²) in [5.41, 5.74) is 2.71. The highest BCUT2D eigenvalue weighted by atomic mass is 32.2. The average molecular weight is 324 g/mol. The third-order valence-electron chi connectivity index (χ3n) is 3.95. The lowest BCUT2D eigenvalue weighted by molar-refractivity contribution is -0.121. The van der Waals surface area contributed by atoms with Crippen LogP contribution in [0.15, 0.2) is 18.2 Å². The lowest BCUT2D eigenvalue weighted by atomic mass is 10.1. The van der Waals surface area contributed by atoms with E-state index >= 15 is 0 Å². The molecule has 1 fully saturated rings. The Labute approximate surface area is 132 Å². The maximum absolute atomic E-state index is 12.1. The van der Waals surface area contributed by atoms with Gasteiger partial charge in [-0.15, -0.1) is 0 Å². The summed E-state index contributed by atoms with van der Waals surface area (Å²) in [6.45, 7) is 4.20. The lowest BCUT2D eigenvalue weighted by Gasteiger charge is -2.24. The number of sulfonamides is 1. The predicted octanol–water partition coefficient (Wildman–Crippen LogP) is 2.13. The van der Waals surface area contributed by atoms with Crippen LogP contribution < -0.4 is 9.62 Å². The highest BCUT2D eigenvalue weighted by Crippen LogP contribution is 2.25. The van der Waals surface area contributed by atoms with Gasteiger partial charge in [-0.1, -0.05) is 12.1 Å². The molecule has 0 heterocycles. The molecular weight excluding hydrogens is 300 g/mol. The van der Waals surface area contributed by atoms with E-state index in [0.717, 1.165) is 24.0 Å². The normalized spacial score (nSPS) is 14.7. The number of nitrogens with one attached hydrogen (secondary N) is 1. The van der Waals surface area contributed by atoms with Gasteiger partial charge in [0.2, 0.25) is 15.9 Å². The van der Waals surface area contributed by atoms with E-state index in [9.17, 15) is 13.2 Å². The first-order valence-electron chi connectivity index (χ1n) is 7.62. The van der Waals surface area contributed by atoms with Gasteiger partial charge >= 0.3 is 0 Å². The van der Waals surface area contributed by atoms with Crippen molar-refractivity contribution in [2.75, 3.05) is 17.1 Å². The van der Waals surface area contributed by atoms with E-state index in [1.54, 1.807) is 0 Å². The Morgan fingerprint density at radius 2 is 2.00 bits per heavy atom. The van der Waals surface area contributed by atoms with Gasteiger partial charge in [0, 0.05) is 19.0 Å². The fraction of sp³-hybridized carbons (Fsp3) is 0.562. The Morgan fingerprint density at radius 3 is 2.59 bits per heavy atom. The number of nitrogens with zero attached hydrogens (tertiary/aromatic N) is 1. The first kappa shape index (κ1) is 16.8. The number of hydrogen-bond acceptors (Lipinski definition) is 3. The van der Waals surface area contributed by atoms with Crippen LogP contribution in [-0.2, 0) is 14.8 Å². The molecule has 6 heteroatoms. The van der Waals surface area contributed by atoms with Gasteiger partial charge in [-0.05, 0) is 50.3 Å². The molecule has 22 heavy (non-hydrogen) atoms. The molecule has 1 amide bonds. The molecule has 0 spiro atoms. The van der Waals surface area contributed by atoms with Crippen molar-refractivity contribution in [2.45, 2.75) is 45.6 Å². The molecule has 0 radical (unpaired) electrons. The van der Waals surface area contributed by atoms with Crippen LogP contribution in [0.2, 0.25) is 0 Å². The molecule has 1 aliphatic rings. The zero-order valence-corrected chi connectivity index (χ0v) is 14.2. The Bertz CT molecular complexity index is 651. The van der Waals surface area contributed by atoms with Crippen molar-refractivity contribution in [1.29, 1.82) is 0 Å². The number of anilines is 1. The highest BCUT2D eigenvalue weighted by molar-refractivity contribution is 7.92. The number of aryl methyl sites for hydroxylation is 1. The first-order valence-corrected chi connectivity index (χ1v) is 9.47. The smallest absolute Gasteiger partial charge is 0.232 e. The Hall–Kier alpha value is -1.56. The van der Waals surface area contributed by atoms with Crippen molar-refractivity contribution in [3.05, 3.63) is 29.3 Å². The summed E-state index contributed by atoms with van der Waals surface area (Å²) < 4.78 is 25.6. The largest absolute Gasteiger partial charge is 0.353 e. The molecule has 1 aliphatic carbocycles. The summed E-state index contributed by atoms with van der Waals surface area (Å²) in [7, 11) is -3.36. The van der Waals surface area contributed by atoms with Gasteiger partial charge in [0.05, 0.1) is 11.9 Å². The molecule has 1 aromatic carbocycles. The number of carbonyl (C=O) groups is 1. The second-order valence-electron chi connectivity index (χ2n) is 6.00.